The summed E-state index contributed by atoms with van der Waals surface area (Å²) in [6.45, 7) is 8.08. The molecule has 1 amide bonds. The third-order valence-electron chi connectivity index (χ3n) is 9.41. The van der Waals surface area contributed by atoms with E-state index in [2.05, 4.69) is 37.3 Å². The van der Waals surface area contributed by atoms with Crippen molar-refractivity contribution in [2.75, 3.05) is 41.9 Å². The number of nitrogens with one attached hydrogen (secondary N) is 1. The summed E-state index contributed by atoms with van der Waals surface area (Å²) in [6.07, 6.45) is 5.07. The van der Waals surface area contributed by atoms with Gasteiger partial charge in [0.2, 0.25) is 5.95 Å². The van der Waals surface area contributed by atoms with Crippen LogP contribution < -0.4 is 19.9 Å². The van der Waals surface area contributed by atoms with Crippen LogP contribution in [0.1, 0.15) is 63.3 Å². The SMILES string of the molecule is COc1ccc(CN(c2nc(Nc3cc(C#N)cc(N4CC5CCCN(C(=O)OC(C)(C)C)C5C4)c3Cl)nn3c(C#N)cnc23)C2CC2)cc1. The summed E-state index contributed by atoms with van der Waals surface area (Å²) in [4.78, 5) is 28.8. The average molecular weight is 695 g/mol. The van der Waals surface area contributed by atoms with E-state index in [1.165, 1.54) is 10.7 Å². The summed E-state index contributed by atoms with van der Waals surface area (Å²) in [5.74, 6) is 1.81. The number of carbonyl (C=O) groups excluding carboxylic acids is 1. The van der Waals surface area contributed by atoms with Crippen molar-refractivity contribution in [1.82, 2.24) is 24.5 Å². The lowest BCUT2D eigenvalue weighted by Crippen LogP contribution is -2.50. The topological polar surface area (TPSA) is 148 Å². The molecule has 4 heterocycles. The molecule has 0 bridgehead atoms. The fraction of sp³-hybridized carbons (Fsp3) is 0.444. The van der Waals surface area contributed by atoms with Crippen LogP contribution in [0.25, 0.3) is 5.65 Å². The highest BCUT2D eigenvalue weighted by Gasteiger charge is 2.43. The zero-order chi connectivity index (χ0) is 35.2. The number of fused-ring (bicyclic) bond motifs is 2. The maximum Gasteiger partial charge on any atom is 0.410 e. The molecule has 4 aromatic rings. The maximum atomic E-state index is 13.2. The number of imidazole rings is 1. The number of rotatable bonds is 8. The lowest BCUT2D eigenvalue weighted by atomic mass is 9.92. The molecule has 3 aliphatic rings. The Balaban J connectivity index is 1.21. The molecule has 2 saturated heterocycles. The predicted octanol–water partition coefficient (Wildman–Crippen LogP) is 6.28. The van der Waals surface area contributed by atoms with Gasteiger partial charge in [-0.05, 0) is 82.2 Å². The summed E-state index contributed by atoms with van der Waals surface area (Å²) in [6, 6.07) is 16.0. The third-order valence-corrected chi connectivity index (χ3v) is 9.81. The molecule has 13 nitrogen and oxygen atoms in total. The minimum Gasteiger partial charge on any atom is -0.497 e. The van der Waals surface area contributed by atoms with Crippen molar-refractivity contribution in [1.29, 1.82) is 10.5 Å². The molecule has 1 aliphatic carbocycles. The van der Waals surface area contributed by atoms with Crippen LogP contribution in [-0.2, 0) is 11.3 Å². The van der Waals surface area contributed by atoms with Crippen LogP contribution >= 0.6 is 11.6 Å². The molecule has 1 N–H and O–H groups in total. The number of likely N-dealkylation sites (tertiary alicyclic amines) is 1. The molecule has 3 fully saturated rings. The Morgan fingerprint density at radius 3 is 2.58 bits per heavy atom. The summed E-state index contributed by atoms with van der Waals surface area (Å²) in [5, 5.41) is 28.3. The number of piperidine rings is 1. The van der Waals surface area contributed by atoms with Gasteiger partial charge in [-0.2, -0.15) is 20.0 Å². The molecule has 0 spiro atoms. The Hall–Kier alpha value is -5.27. The molecular formula is C36H39ClN10O3. The fourth-order valence-corrected chi connectivity index (χ4v) is 7.20. The minimum absolute atomic E-state index is 0.0325. The normalized spacial score (nSPS) is 18.7. The lowest BCUT2D eigenvalue weighted by Gasteiger charge is -2.37. The number of amides is 1. The van der Waals surface area contributed by atoms with Crippen molar-refractivity contribution in [2.24, 2.45) is 5.92 Å². The summed E-state index contributed by atoms with van der Waals surface area (Å²) >= 11 is 7.14. The van der Waals surface area contributed by atoms with Gasteiger partial charge in [-0.1, -0.05) is 23.7 Å². The molecule has 50 heavy (non-hydrogen) atoms. The van der Waals surface area contributed by atoms with Crippen molar-refractivity contribution in [2.45, 2.75) is 70.7 Å². The lowest BCUT2D eigenvalue weighted by molar-refractivity contribution is 0.00669. The molecule has 2 aromatic heterocycles. The van der Waals surface area contributed by atoms with Gasteiger partial charge in [0.15, 0.2) is 17.2 Å². The number of halogens is 1. The first-order chi connectivity index (χ1) is 24.0. The van der Waals surface area contributed by atoms with Crippen molar-refractivity contribution in [3.63, 3.8) is 0 Å². The van der Waals surface area contributed by atoms with Gasteiger partial charge in [0.05, 0.1) is 47.4 Å². The molecular weight excluding hydrogens is 656 g/mol. The Kier molecular flexibility index (Phi) is 8.78. The Labute approximate surface area is 296 Å². The maximum absolute atomic E-state index is 13.2. The number of hydrogen-bond donors (Lipinski definition) is 1. The first-order valence-electron chi connectivity index (χ1n) is 16.9. The Morgan fingerprint density at radius 1 is 1.12 bits per heavy atom. The monoisotopic (exact) mass is 694 g/mol. The van der Waals surface area contributed by atoms with Crippen LogP contribution in [0.3, 0.4) is 0 Å². The Morgan fingerprint density at radius 2 is 1.90 bits per heavy atom. The van der Waals surface area contributed by atoms with Gasteiger partial charge >= 0.3 is 6.09 Å². The van der Waals surface area contributed by atoms with Crippen LogP contribution in [0.4, 0.5) is 27.9 Å². The number of ether oxygens (including phenoxy) is 2. The second kappa shape index (κ2) is 13.2. The molecule has 0 radical (unpaired) electrons. The molecule has 14 heteroatoms. The van der Waals surface area contributed by atoms with Gasteiger partial charge in [-0.15, -0.1) is 5.10 Å². The van der Waals surface area contributed by atoms with Crippen LogP contribution in [0.5, 0.6) is 5.75 Å². The number of anilines is 4. The highest BCUT2D eigenvalue weighted by molar-refractivity contribution is 6.36. The third kappa shape index (κ3) is 6.66. The number of nitrogens with zero attached hydrogens (tertiary/aromatic N) is 9. The Bertz CT molecular complexity index is 2010. The van der Waals surface area contributed by atoms with Gasteiger partial charge in [0.25, 0.3) is 0 Å². The van der Waals surface area contributed by atoms with Crippen LogP contribution in [-0.4, -0.2) is 75.0 Å². The first-order valence-corrected chi connectivity index (χ1v) is 17.2. The van der Waals surface area contributed by atoms with E-state index < -0.39 is 5.60 Å². The summed E-state index contributed by atoms with van der Waals surface area (Å²) in [5.41, 5.74) is 2.77. The molecule has 2 unspecified atom stereocenters. The van der Waals surface area contributed by atoms with Gasteiger partial charge in [-0.25, -0.2) is 9.78 Å². The van der Waals surface area contributed by atoms with Crippen molar-refractivity contribution >= 4 is 46.5 Å². The summed E-state index contributed by atoms with van der Waals surface area (Å²) in [7, 11) is 1.64. The second-order valence-corrected chi connectivity index (χ2v) is 14.5. The quantitative estimate of drug-likeness (QED) is 0.222. The van der Waals surface area contributed by atoms with E-state index in [9.17, 15) is 15.3 Å². The highest BCUT2D eigenvalue weighted by atomic mass is 35.5. The van der Waals surface area contributed by atoms with Crippen LogP contribution in [0.2, 0.25) is 5.02 Å². The van der Waals surface area contributed by atoms with E-state index >= 15 is 0 Å². The number of benzene rings is 2. The molecule has 258 valence electrons. The van der Waals surface area contributed by atoms with Gasteiger partial charge in [0, 0.05) is 32.2 Å². The zero-order valence-electron chi connectivity index (χ0n) is 28.6. The number of aromatic nitrogens is 4. The summed E-state index contributed by atoms with van der Waals surface area (Å²) < 4.78 is 12.6. The van der Waals surface area contributed by atoms with E-state index in [-0.39, 0.29) is 35.7 Å². The van der Waals surface area contributed by atoms with Crippen molar-refractivity contribution in [3.8, 4) is 17.9 Å². The zero-order valence-corrected chi connectivity index (χ0v) is 29.3. The standard InChI is InChI=1S/C36H39ClN10O3/c1-36(2,3)50-35(48)45-13-5-6-24-20-44(21-30(24)45)29-15-23(16-38)14-28(31(29)37)41-34-42-33(32-40-18-26(17-39)47(32)43-34)46(25-9-10-25)19-22-7-11-27(49-4)12-8-22/h7-8,11-12,14-15,18,24-25,30H,5-6,9-10,13,19-21H2,1-4H3,(H,41,43). The van der Waals surface area contributed by atoms with E-state index in [4.69, 9.17) is 26.1 Å². The molecule has 2 aromatic carbocycles. The average Bonchev–Trinajstić information content (AvgIpc) is 3.71. The molecule has 7 rings (SSSR count). The molecule has 1 saturated carbocycles. The second-order valence-electron chi connectivity index (χ2n) is 14.1. The van der Waals surface area contributed by atoms with Crippen molar-refractivity contribution < 1.29 is 14.3 Å². The fourth-order valence-electron chi connectivity index (χ4n) is 6.92. The van der Waals surface area contributed by atoms with Crippen LogP contribution in [0.15, 0.2) is 42.6 Å². The van der Waals surface area contributed by atoms with E-state index in [1.54, 1.807) is 19.2 Å². The van der Waals surface area contributed by atoms with Crippen molar-refractivity contribution in [3.05, 3.63) is 64.4 Å². The van der Waals surface area contributed by atoms with Gasteiger partial charge < -0.3 is 29.5 Å². The first kappa shape index (κ1) is 33.2. The van der Waals surface area contributed by atoms with Crippen LogP contribution in [0, 0.1) is 28.6 Å². The number of hydrogen-bond acceptors (Lipinski definition) is 11. The number of nitriles is 2. The van der Waals surface area contributed by atoms with E-state index in [1.807, 2.05) is 49.9 Å². The highest BCUT2D eigenvalue weighted by Crippen LogP contribution is 2.41. The van der Waals surface area contributed by atoms with E-state index in [0.717, 1.165) is 37.0 Å². The number of carbonyl (C=O) groups is 1. The predicted molar refractivity (Wildman–Crippen MR) is 189 cm³/mol. The van der Waals surface area contributed by atoms with Gasteiger partial charge in [-0.3, -0.25) is 0 Å². The number of methoxy groups -OCH3 is 1. The van der Waals surface area contributed by atoms with E-state index in [0.29, 0.717) is 59.6 Å². The molecule has 2 aliphatic heterocycles. The minimum atomic E-state index is -0.589. The largest absolute Gasteiger partial charge is 0.497 e. The smallest absolute Gasteiger partial charge is 0.410 e. The van der Waals surface area contributed by atoms with Gasteiger partial charge in [0.1, 0.15) is 17.4 Å². The molecule has 2 atom stereocenters.